The molecule has 2 fully saturated rings. The fourth-order valence-electron chi connectivity index (χ4n) is 2.86. The Hall–Kier alpha value is -1.35. The van der Waals surface area contributed by atoms with Gasteiger partial charge in [0, 0.05) is 31.1 Å². The van der Waals surface area contributed by atoms with E-state index in [1.165, 1.54) is 5.56 Å². The van der Waals surface area contributed by atoms with Crippen LogP contribution in [0.5, 0.6) is 0 Å². The van der Waals surface area contributed by atoms with Crippen LogP contribution in [0.15, 0.2) is 30.3 Å². The van der Waals surface area contributed by atoms with Gasteiger partial charge in [0.05, 0.1) is 0 Å². The molecule has 0 bridgehead atoms. The number of rotatable bonds is 4. The normalized spacial score (nSPS) is 25.2. The maximum atomic E-state index is 11.8. The van der Waals surface area contributed by atoms with Crippen LogP contribution in [0.4, 0.5) is 0 Å². The lowest BCUT2D eigenvalue weighted by Crippen LogP contribution is -2.38. The molecule has 19 heavy (non-hydrogen) atoms. The van der Waals surface area contributed by atoms with Gasteiger partial charge in [0.15, 0.2) is 0 Å². The second kappa shape index (κ2) is 5.33. The zero-order valence-electron chi connectivity index (χ0n) is 11.5. The molecule has 1 aliphatic heterocycles. The quantitative estimate of drug-likeness (QED) is 0.899. The Bertz CT molecular complexity index is 441. The van der Waals surface area contributed by atoms with E-state index in [0.717, 1.165) is 32.4 Å². The van der Waals surface area contributed by atoms with Gasteiger partial charge >= 0.3 is 0 Å². The largest absolute Gasteiger partial charge is 0.352 e. The van der Waals surface area contributed by atoms with Crippen molar-refractivity contribution in [3.8, 4) is 0 Å². The van der Waals surface area contributed by atoms with Crippen LogP contribution in [0.3, 0.4) is 0 Å². The number of benzene rings is 1. The summed E-state index contributed by atoms with van der Waals surface area (Å²) < 4.78 is 0. The lowest BCUT2D eigenvalue weighted by Gasteiger charge is -2.24. The van der Waals surface area contributed by atoms with E-state index < -0.39 is 0 Å². The molecule has 0 spiro atoms. The first kappa shape index (κ1) is 12.7. The number of nitrogens with zero attached hydrogens (tertiary/aromatic N) is 1. The molecule has 0 aromatic heterocycles. The average molecular weight is 258 g/mol. The van der Waals surface area contributed by atoms with Crippen LogP contribution in [0.1, 0.15) is 37.8 Å². The van der Waals surface area contributed by atoms with Gasteiger partial charge in [-0.3, -0.25) is 9.69 Å². The Morgan fingerprint density at radius 1 is 1.26 bits per heavy atom. The molecular formula is C16H22N2O. The average Bonchev–Trinajstić information content (AvgIpc) is 3.20. The van der Waals surface area contributed by atoms with Crippen molar-refractivity contribution in [1.82, 2.24) is 10.2 Å². The zero-order chi connectivity index (χ0) is 13.2. The number of nitrogens with one attached hydrogen (secondary N) is 1. The highest BCUT2D eigenvalue weighted by Crippen LogP contribution is 2.30. The molecule has 1 amide bonds. The third kappa shape index (κ3) is 2.98. The predicted molar refractivity (Wildman–Crippen MR) is 75.7 cm³/mol. The Balaban J connectivity index is 1.54. The van der Waals surface area contributed by atoms with Gasteiger partial charge in [-0.1, -0.05) is 30.3 Å². The summed E-state index contributed by atoms with van der Waals surface area (Å²) in [5.74, 6) is 0.597. The second-order valence-corrected chi connectivity index (χ2v) is 5.85. The van der Waals surface area contributed by atoms with E-state index in [4.69, 9.17) is 0 Å². The van der Waals surface area contributed by atoms with Crippen LogP contribution in [0, 0.1) is 5.92 Å². The molecule has 3 rings (SSSR count). The van der Waals surface area contributed by atoms with Gasteiger partial charge in [0.25, 0.3) is 0 Å². The number of amides is 1. The van der Waals surface area contributed by atoms with Crippen LogP contribution in [0.25, 0.3) is 0 Å². The van der Waals surface area contributed by atoms with Gasteiger partial charge < -0.3 is 5.32 Å². The summed E-state index contributed by atoms with van der Waals surface area (Å²) in [7, 11) is 0. The minimum Gasteiger partial charge on any atom is -0.352 e. The van der Waals surface area contributed by atoms with Crippen molar-refractivity contribution in [2.75, 3.05) is 13.1 Å². The number of hydrogen-bond acceptors (Lipinski definition) is 2. The van der Waals surface area contributed by atoms with Gasteiger partial charge in [-0.05, 0) is 31.7 Å². The van der Waals surface area contributed by atoms with E-state index in [1.54, 1.807) is 0 Å². The van der Waals surface area contributed by atoms with Crippen LogP contribution < -0.4 is 5.32 Å². The van der Waals surface area contributed by atoms with E-state index >= 15 is 0 Å². The van der Waals surface area contributed by atoms with Gasteiger partial charge in [-0.2, -0.15) is 0 Å². The first-order chi connectivity index (χ1) is 9.24. The third-order valence-corrected chi connectivity index (χ3v) is 4.34. The van der Waals surface area contributed by atoms with Crippen LogP contribution in [-0.4, -0.2) is 29.9 Å². The number of carbonyl (C=O) groups is 1. The molecule has 0 unspecified atom stereocenters. The number of carbonyl (C=O) groups excluding carboxylic acids is 1. The van der Waals surface area contributed by atoms with Gasteiger partial charge in [0.1, 0.15) is 0 Å². The van der Waals surface area contributed by atoms with E-state index in [-0.39, 0.29) is 5.91 Å². The summed E-state index contributed by atoms with van der Waals surface area (Å²) in [6.45, 7) is 4.31. The number of hydrogen-bond donors (Lipinski definition) is 1. The predicted octanol–water partition coefficient (Wildman–Crippen LogP) is 2.35. The van der Waals surface area contributed by atoms with Gasteiger partial charge in [0.2, 0.25) is 5.91 Å². The summed E-state index contributed by atoms with van der Waals surface area (Å²) in [6, 6.07) is 11.4. The fraction of sp³-hybridized carbons (Fsp3) is 0.562. The molecule has 0 radical (unpaired) electrons. The number of likely N-dealkylation sites (tertiary alicyclic amines) is 1. The molecule has 1 aromatic rings. The molecule has 1 aromatic carbocycles. The summed E-state index contributed by atoms with van der Waals surface area (Å²) in [5.41, 5.74) is 1.36. The fourth-order valence-corrected chi connectivity index (χ4v) is 2.86. The van der Waals surface area contributed by atoms with Crippen molar-refractivity contribution >= 4 is 5.91 Å². The Morgan fingerprint density at radius 3 is 2.68 bits per heavy atom. The lowest BCUT2D eigenvalue weighted by atomic mass is 10.1. The van der Waals surface area contributed by atoms with E-state index in [1.807, 2.05) is 0 Å². The molecule has 1 N–H and O–H groups in total. The minimum absolute atomic E-state index is 0.277. The molecule has 2 aliphatic rings. The summed E-state index contributed by atoms with van der Waals surface area (Å²) >= 11 is 0. The van der Waals surface area contributed by atoms with Crippen LogP contribution in [0.2, 0.25) is 0 Å². The molecule has 1 heterocycles. The van der Waals surface area contributed by atoms with Crippen molar-refractivity contribution < 1.29 is 4.79 Å². The first-order valence-corrected chi connectivity index (χ1v) is 7.33. The van der Waals surface area contributed by atoms with E-state index in [2.05, 4.69) is 47.5 Å². The highest BCUT2D eigenvalue weighted by atomic mass is 16.2. The monoisotopic (exact) mass is 258 g/mol. The standard InChI is InChI=1S/C16H22N2O/c1-12(13-5-3-2-4-6-13)18-10-9-15(11-18)17-16(19)14-7-8-14/h2-6,12,14-15H,7-11H2,1H3,(H,17,19)/t12-,15+/m0/s1. The maximum Gasteiger partial charge on any atom is 0.223 e. The Labute approximate surface area is 115 Å². The molecule has 1 saturated carbocycles. The molecule has 3 nitrogen and oxygen atoms in total. The summed E-state index contributed by atoms with van der Waals surface area (Å²) in [6.07, 6.45) is 3.25. The van der Waals surface area contributed by atoms with Crippen molar-refractivity contribution in [2.24, 2.45) is 5.92 Å². The molecule has 2 atom stereocenters. The molecule has 3 heteroatoms. The molecule has 102 valence electrons. The molecule has 1 aliphatic carbocycles. The third-order valence-electron chi connectivity index (χ3n) is 4.34. The first-order valence-electron chi connectivity index (χ1n) is 7.33. The van der Waals surface area contributed by atoms with Crippen LogP contribution >= 0.6 is 0 Å². The molecule has 1 saturated heterocycles. The van der Waals surface area contributed by atoms with Crippen molar-refractivity contribution in [3.05, 3.63) is 35.9 Å². The maximum absolute atomic E-state index is 11.8. The van der Waals surface area contributed by atoms with Crippen molar-refractivity contribution in [2.45, 2.75) is 38.3 Å². The van der Waals surface area contributed by atoms with Gasteiger partial charge in [-0.25, -0.2) is 0 Å². The lowest BCUT2D eigenvalue weighted by molar-refractivity contribution is -0.122. The van der Waals surface area contributed by atoms with E-state index in [9.17, 15) is 4.79 Å². The second-order valence-electron chi connectivity index (χ2n) is 5.85. The SMILES string of the molecule is C[C@@H](c1ccccc1)N1CC[C@@H](NC(=O)C2CC2)C1. The zero-order valence-corrected chi connectivity index (χ0v) is 11.5. The smallest absolute Gasteiger partial charge is 0.223 e. The van der Waals surface area contributed by atoms with Gasteiger partial charge in [-0.15, -0.1) is 0 Å². The Morgan fingerprint density at radius 2 is 2.00 bits per heavy atom. The minimum atomic E-state index is 0.277. The summed E-state index contributed by atoms with van der Waals surface area (Å²) in [5, 5.41) is 3.20. The topological polar surface area (TPSA) is 32.3 Å². The van der Waals surface area contributed by atoms with Crippen molar-refractivity contribution in [1.29, 1.82) is 0 Å². The van der Waals surface area contributed by atoms with Crippen LogP contribution in [-0.2, 0) is 4.79 Å². The Kier molecular flexibility index (Phi) is 3.56. The van der Waals surface area contributed by atoms with Crippen molar-refractivity contribution in [3.63, 3.8) is 0 Å². The molecular weight excluding hydrogens is 236 g/mol. The highest BCUT2D eigenvalue weighted by Gasteiger charge is 2.33. The van der Waals surface area contributed by atoms with E-state index in [0.29, 0.717) is 18.0 Å². The summed E-state index contributed by atoms with van der Waals surface area (Å²) in [4.78, 5) is 14.2. The highest BCUT2D eigenvalue weighted by molar-refractivity contribution is 5.81.